The highest BCUT2D eigenvalue weighted by Crippen LogP contribution is 2.21. The molecule has 2 heterocycles. The summed E-state index contributed by atoms with van der Waals surface area (Å²) in [4.78, 5) is 7.73. The Balaban J connectivity index is 1.46. The maximum Gasteiger partial charge on any atom is 0.0593 e. The van der Waals surface area contributed by atoms with E-state index in [2.05, 4.69) is 42.4 Å². The fourth-order valence-corrected chi connectivity index (χ4v) is 3.81. The van der Waals surface area contributed by atoms with Crippen molar-refractivity contribution in [3.8, 4) is 0 Å². The first-order valence-corrected chi connectivity index (χ1v) is 9.84. The minimum Gasteiger partial charge on any atom is -0.380 e. The number of piperidine rings is 1. The summed E-state index contributed by atoms with van der Waals surface area (Å²) in [7, 11) is 0. The van der Waals surface area contributed by atoms with Crippen LogP contribution in [0.3, 0.4) is 0 Å². The van der Waals surface area contributed by atoms with Crippen molar-refractivity contribution in [2.75, 3.05) is 59.0 Å². The van der Waals surface area contributed by atoms with Gasteiger partial charge in [0, 0.05) is 51.4 Å². The Hall–Kier alpha value is -0.160. The molecule has 0 aromatic heterocycles. The molecule has 2 aliphatic heterocycles. The number of hydrogen-bond donors (Lipinski definition) is 0. The maximum absolute atomic E-state index is 5.92. The van der Waals surface area contributed by atoms with Crippen molar-refractivity contribution in [1.82, 2.24) is 14.7 Å². The van der Waals surface area contributed by atoms with Gasteiger partial charge in [0.1, 0.15) is 0 Å². The van der Waals surface area contributed by atoms with Gasteiger partial charge in [-0.3, -0.25) is 9.80 Å². The SMILES string of the molecule is CC(C)N1CCC(CCOCCN2CCN(C(C)C)CC2)CC1. The topological polar surface area (TPSA) is 19.0 Å². The molecule has 136 valence electrons. The highest BCUT2D eigenvalue weighted by atomic mass is 16.5. The summed E-state index contributed by atoms with van der Waals surface area (Å²) in [6.07, 6.45) is 3.98. The van der Waals surface area contributed by atoms with Crippen molar-refractivity contribution in [1.29, 1.82) is 0 Å². The fraction of sp³-hybridized carbons (Fsp3) is 1.00. The van der Waals surface area contributed by atoms with Gasteiger partial charge in [-0.05, 0) is 66.0 Å². The molecule has 0 unspecified atom stereocenters. The van der Waals surface area contributed by atoms with Gasteiger partial charge >= 0.3 is 0 Å². The molecule has 0 bridgehead atoms. The number of ether oxygens (including phenoxy) is 1. The van der Waals surface area contributed by atoms with Crippen molar-refractivity contribution < 1.29 is 4.74 Å². The second-order valence-electron chi connectivity index (χ2n) is 7.95. The first-order chi connectivity index (χ1) is 11.1. The van der Waals surface area contributed by atoms with Crippen LogP contribution >= 0.6 is 0 Å². The lowest BCUT2D eigenvalue weighted by molar-refractivity contribution is 0.0563. The van der Waals surface area contributed by atoms with Gasteiger partial charge < -0.3 is 9.64 Å². The Morgan fingerprint density at radius 1 is 0.783 bits per heavy atom. The minimum atomic E-state index is 0.690. The van der Waals surface area contributed by atoms with E-state index in [4.69, 9.17) is 4.74 Å². The third kappa shape index (κ3) is 6.69. The van der Waals surface area contributed by atoms with Crippen molar-refractivity contribution in [2.24, 2.45) is 5.92 Å². The summed E-state index contributed by atoms with van der Waals surface area (Å²) in [5, 5.41) is 0. The lowest BCUT2D eigenvalue weighted by Gasteiger charge is -2.36. The van der Waals surface area contributed by atoms with Gasteiger partial charge in [0.15, 0.2) is 0 Å². The number of likely N-dealkylation sites (tertiary alicyclic amines) is 1. The van der Waals surface area contributed by atoms with Gasteiger partial charge in [-0.2, -0.15) is 0 Å². The number of piperazine rings is 1. The maximum atomic E-state index is 5.92. The zero-order chi connectivity index (χ0) is 16.7. The van der Waals surface area contributed by atoms with Crippen LogP contribution in [0, 0.1) is 5.92 Å². The van der Waals surface area contributed by atoms with Crippen molar-refractivity contribution in [3.63, 3.8) is 0 Å². The van der Waals surface area contributed by atoms with E-state index in [1.165, 1.54) is 58.5 Å². The monoisotopic (exact) mass is 325 g/mol. The van der Waals surface area contributed by atoms with Gasteiger partial charge in [-0.1, -0.05) is 0 Å². The zero-order valence-corrected chi connectivity index (χ0v) is 16.0. The Bertz CT molecular complexity index is 276. The summed E-state index contributed by atoms with van der Waals surface area (Å²) < 4.78 is 5.92. The van der Waals surface area contributed by atoms with E-state index in [9.17, 15) is 0 Å². The highest BCUT2D eigenvalue weighted by Gasteiger charge is 2.21. The van der Waals surface area contributed by atoms with Crippen molar-refractivity contribution >= 4 is 0 Å². The molecule has 4 heteroatoms. The molecule has 4 nitrogen and oxygen atoms in total. The molecule has 0 N–H and O–H groups in total. The minimum absolute atomic E-state index is 0.690. The molecule has 0 radical (unpaired) electrons. The van der Waals surface area contributed by atoms with Crippen LogP contribution in [0.5, 0.6) is 0 Å². The molecular weight excluding hydrogens is 286 g/mol. The molecule has 0 aromatic carbocycles. The van der Waals surface area contributed by atoms with Gasteiger partial charge in [0.25, 0.3) is 0 Å². The van der Waals surface area contributed by atoms with Gasteiger partial charge in [0.2, 0.25) is 0 Å². The van der Waals surface area contributed by atoms with Crippen LogP contribution in [-0.4, -0.2) is 85.8 Å². The Morgan fingerprint density at radius 3 is 1.91 bits per heavy atom. The van der Waals surface area contributed by atoms with Crippen LogP contribution in [0.1, 0.15) is 47.0 Å². The standard InChI is InChI=1S/C19H39N3O/c1-17(2)21-8-5-19(6-9-21)7-15-23-16-14-20-10-12-22(13-11-20)18(3)4/h17-19H,5-16H2,1-4H3. The molecular formula is C19H39N3O. The summed E-state index contributed by atoms with van der Waals surface area (Å²) >= 11 is 0. The lowest BCUT2D eigenvalue weighted by atomic mass is 9.93. The van der Waals surface area contributed by atoms with E-state index < -0.39 is 0 Å². The Labute approximate surface area is 144 Å². The van der Waals surface area contributed by atoms with Gasteiger partial charge in [0.05, 0.1) is 6.61 Å². The molecule has 0 aromatic rings. The van der Waals surface area contributed by atoms with Crippen LogP contribution in [0.4, 0.5) is 0 Å². The van der Waals surface area contributed by atoms with E-state index in [-0.39, 0.29) is 0 Å². The largest absolute Gasteiger partial charge is 0.380 e. The van der Waals surface area contributed by atoms with Crippen LogP contribution < -0.4 is 0 Å². The molecule has 0 atom stereocenters. The quantitative estimate of drug-likeness (QED) is 0.638. The van der Waals surface area contributed by atoms with Crippen molar-refractivity contribution in [3.05, 3.63) is 0 Å². The molecule has 2 fully saturated rings. The number of nitrogens with zero attached hydrogens (tertiary/aromatic N) is 3. The van der Waals surface area contributed by atoms with Crippen LogP contribution in [-0.2, 0) is 4.74 Å². The molecule has 0 spiro atoms. The van der Waals surface area contributed by atoms with E-state index >= 15 is 0 Å². The fourth-order valence-electron chi connectivity index (χ4n) is 3.81. The van der Waals surface area contributed by atoms with Crippen molar-refractivity contribution in [2.45, 2.75) is 59.0 Å². The van der Waals surface area contributed by atoms with Crippen LogP contribution in [0.2, 0.25) is 0 Å². The molecule has 0 saturated carbocycles. The Kier molecular flexibility index (Phi) is 8.31. The molecule has 2 saturated heterocycles. The highest BCUT2D eigenvalue weighted by molar-refractivity contribution is 4.75. The summed E-state index contributed by atoms with van der Waals surface area (Å²) in [5.74, 6) is 0.889. The summed E-state index contributed by atoms with van der Waals surface area (Å²) in [5.41, 5.74) is 0. The van der Waals surface area contributed by atoms with E-state index in [0.717, 1.165) is 25.7 Å². The molecule has 0 amide bonds. The predicted octanol–water partition coefficient (Wildman–Crippen LogP) is 2.54. The van der Waals surface area contributed by atoms with E-state index in [1.54, 1.807) is 0 Å². The zero-order valence-electron chi connectivity index (χ0n) is 16.0. The molecule has 2 aliphatic rings. The molecule has 2 rings (SSSR count). The van der Waals surface area contributed by atoms with Gasteiger partial charge in [-0.25, -0.2) is 0 Å². The summed E-state index contributed by atoms with van der Waals surface area (Å²) in [6.45, 7) is 19.6. The molecule has 0 aliphatic carbocycles. The average molecular weight is 326 g/mol. The van der Waals surface area contributed by atoms with E-state index in [0.29, 0.717) is 12.1 Å². The third-order valence-corrected chi connectivity index (χ3v) is 5.74. The number of rotatable bonds is 8. The Morgan fingerprint density at radius 2 is 1.35 bits per heavy atom. The van der Waals surface area contributed by atoms with Crippen LogP contribution in [0.25, 0.3) is 0 Å². The first-order valence-electron chi connectivity index (χ1n) is 9.84. The normalized spacial score (nSPS) is 23.2. The third-order valence-electron chi connectivity index (χ3n) is 5.74. The smallest absolute Gasteiger partial charge is 0.0593 e. The first kappa shape index (κ1) is 19.2. The summed E-state index contributed by atoms with van der Waals surface area (Å²) in [6, 6.07) is 1.40. The lowest BCUT2D eigenvalue weighted by Crippen LogP contribution is -2.49. The van der Waals surface area contributed by atoms with E-state index in [1.807, 2.05) is 0 Å². The number of hydrogen-bond acceptors (Lipinski definition) is 4. The average Bonchev–Trinajstić information content (AvgIpc) is 2.55. The predicted molar refractivity (Wildman–Crippen MR) is 98.0 cm³/mol. The van der Waals surface area contributed by atoms with Crippen LogP contribution in [0.15, 0.2) is 0 Å². The second kappa shape index (κ2) is 9.97. The second-order valence-corrected chi connectivity index (χ2v) is 7.95. The van der Waals surface area contributed by atoms with Gasteiger partial charge in [-0.15, -0.1) is 0 Å². The molecule has 23 heavy (non-hydrogen) atoms.